The van der Waals surface area contributed by atoms with Gasteiger partial charge in [0.05, 0.1) is 29.8 Å². The Labute approximate surface area is 133 Å². The molecule has 1 aliphatic rings. The summed E-state index contributed by atoms with van der Waals surface area (Å²) in [5.41, 5.74) is 1.86. The van der Waals surface area contributed by atoms with Crippen LogP contribution >= 0.6 is 0 Å². The monoisotopic (exact) mass is 309 g/mol. The first-order valence-electron chi connectivity index (χ1n) is 7.00. The fourth-order valence-electron chi connectivity index (χ4n) is 2.39. The number of hydrogen-bond acceptors (Lipinski definition) is 4. The number of methoxy groups -OCH3 is 1. The molecule has 2 aromatic rings. The highest BCUT2D eigenvalue weighted by molar-refractivity contribution is 6.28. The van der Waals surface area contributed by atoms with Crippen molar-refractivity contribution in [3.8, 4) is 5.75 Å². The molecule has 1 aromatic carbocycles. The highest BCUT2D eigenvalue weighted by atomic mass is 16.5. The lowest BCUT2D eigenvalue weighted by molar-refractivity contribution is -0.118. The van der Waals surface area contributed by atoms with E-state index in [1.807, 2.05) is 0 Å². The third kappa shape index (κ3) is 2.78. The zero-order chi connectivity index (χ0) is 16.4. The number of anilines is 2. The first kappa shape index (κ1) is 14.8. The summed E-state index contributed by atoms with van der Waals surface area (Å²) in [7, 11) is 1.54. The Hall–Kier alpha value is -3.15. The van der Waals surface area contributed by atoms with Gasteiger partial charge in [-0.2, -0.15) is 0 Å². The normalized spacial score (nSPS) is 13.1. The molecule has 1 aromatic heterocycles. The van der Waals surface area contributed by atoms with Crippen molar-refractivity contribution in [2.24, 2.45) is 0 Å². The van der Waals surface area contributed by atoms with Gasteiger partial charge in [0.15, 0.2) is 0 Å². The van der Waals surface area contributed by atoms with Crippen molar-refractivity contribution >= 4 is 28.8 Å². The summed E-state index contributed by atoms with van der Waals surface area (Å²) in [6.07, 6.45) is 1.59. The van der Waals surface area contributed by atoms with Gasteiger partial charge < -0.3 is 10.1 Å². The summed E-state index contributed by atoms with van der Waals surface area (Å²) in [6, 6.07) is 10.4. The number of benzene rings is 1. The Morgan fingerprint density at radius 3 is 2.87 bits per heavy atom. The van der Waals surface area contributed by atoms with Gasteiger partial charge in [0.2, 0.25) is 5.91 Å². The molecule has 0 bridgehead atoms. The third-order valence-electron chi connectivity index (χ3n) is 3.55. The second-order valence-electron chi connectivity index (χ2n) is 5.02. The molecule has 0 saturated heterocycles. The molecule has 0 atom stereocenters. The molecule has 1 N–H and O–H groups in total. The Bertz CT molecular complexity index is 787. The molecule has 0 unspecified atom stereocenters. The van der Waals surface area contributed by atoms with Crippen LogP contribution in [-0.4, -0.2) is 30.5 Å². The van der Waals surface area contributed by atoms with E-state index in [0.717, 1.165) is 0 Å². The fourth-order valence-corrected chi connectivity index (χ4v) is 2.39. The Balaban J connectivity index is 1.96. The Morgan fingerprint density at radius 2 is 2.17 bits per heavy atom. The molecule has 0 aliphatic carbocycles. The topological polar surface area (TPSA) is 71.5 Å². The van der Waals surface area contributed by atoms with Crippen LogP contribution in [0.1, 0.15) is 5.69 Å². The largest absolute Gasteiger partial charge is 0.497 e. The first-order valence-corrected chi connectivity index (χ1v) is 7.00. The quantitative estimate of drug-likeness (QED) is 0.881. The highest BCUT2D eigenvalue weighted by Crippen LogP contribution is 2.34. The second kappa shape index (κ2) is 5.92. The van der Waals surface area contributed by atoms with Crippen LogP contribution in [0.5, 0.6) is 5.75 Å². The van der Waals surface area contributed by atoms with Crippen LogP contribution in [0.25, 0.3) is 5.57 Å². The summed E-state index contributed by atoms with van der Waals surface area (Å²) >= 11 is 0. The lowest BCUT2D eigenvalue weighted by Gasteiger charge is -2.29. The fraction of sp³-hybridized carbons (Fsp3) is 0.118. The number of hydrogen-bond donors (Lipinski definition) is 1. The van der Waals surface area contributed by atoms with Crippen LogP contribution in [0.4, 0.5) is 11.4 Å². The minimum atomic E-state index is -0.357. The van der Waals surface area contributed by atoms with Crippen molar-refractivity contribution in [1.82, 2.24) is 4.98 Å². The highest BCUT2D eigenvalue weighted by Gasteiger charge is 2.29. The maximum Gasteiger partial charge on any atom is 0.260 e. The summed E-state index contributed by atoms with van der Waals surface area (Å²) in [4.78, 5) is 30.2. The van der Waals surface area contributed by atoms with Gasteiger partial charge in [-0.3, -0.25) is 19.5 Å². The van der Waals surface area contributed by atoms with Crippen LogP contribution in [0.15, 0.2) is 49.2 Å². The van der Waals surface area contributed by atoms with Gasteiger partial charge >= 0.3 is 0 Å². The van der Waals surface area contributed by atoms with E-state index in [9.17, 15) is 9.59 Å². The molecule has 2 amide bonds. The van der Waals surface area contributed by atoms with Crippen LogP contribution in [0, 0.1) is 0 Å². The van der Waals surface area contributed by atoms with Crippen LogP contribution in [-0.2, 0) is 9.59 Å². The van der Waals surface area contributed by atoms with Gasteiger partial charge in [-0.1, -0.05) is 12.6 Å². The maximum absolute atomic E-state index is 12.7. The predicted octanol–water partition coefficient (Wildman–Crippen LogP) is 2.09. The molecule has 1 aliphatic heterocycles. The van der Waals surface area contributed by atoms with Crippen molar-refractivity contribution in [3.63, 3.8) is 0 Å². The minimum Gasteiger partial charge on any atom is -0.497 e. The average molecular weight is 309 g/mol. The molecule has 6 nitrogen and oxygen atoms in total. The van der Waals surface area contributed by atoms with E-state index in [1.165, 1.54) is 12.0 Å². The molecule has 23 heavy (non-hydrogen) atoms. The van der Waals surface area contributed by atoms with Gasteiger partial charge in [0.25, 0.3) is 5.91 Å². The molecule has 3 rings (SSSR count). The van der Waals surface area contributed by atoms with Gasteiger partial charge in [0, 0.05) is 12.3 Å². The van der Waals surface area contributed by atoms with Crippen molar-refractivity contribution in [3.05, 3.63) is 54.9 Å². The van der Waals surface area contributed by atoms with E-state index >= 15 is 0 Å². The number of carbonyl (C=O) groups is 2. The van der Waals surface area contributed by atoms with Gasteiger partial charge in [0.1, 0.15) is 12.3 Å². The van der Waals surface area contributed by atoms with Crippen LogP contribution < -0.4 is 15.0 Å². The lowest BCUT2D eigenvalue weighted by atomic mass is 10.1. The summed E-state index contributed by atoms with van der Waals surface area (Å²) in [6.45, 7) is 3.76. The van der Waals surface area contributed by atoms with Gasteiger partial charge in [-0.15, -0.1) is 0 Å². The molecule has 6 heteroatoms. The number of aromatic nitrogens is 1. The average Bonchev–Trinajstić information content (AvgIpc) is 2.59. The lowest BCUT2D eigenvalue weighted by Crippen LogP contribution is -2.42. The van der Waals surface area contributed by atoms with E-state index in [2.05, 4.69) is 16.9 Å². The second-order valence-corrected chi connectivity index (χ2v) is 5.02. The van der Waals surface area contributed by atoms with Crippen molar-refractivity contribution < 1.29 is 14.3 Å². The molecule has 0 saturated carbocycles. The molecule has 2 heterocycles. The zero-order valence-electron chi connectivity index (χ0n) is 12.6. The van der Waals surface area contributed by atoms with Crippen molar-refractivity contribution in [2.45, 2.75) is 0 Å². The SMILES string of the molecule is C=C(C(=O)N1CC(=O)Nc2cc(OC)ccc21)c1ccccn1. The number of ether oxygens (including phenoxy) is 1. The molecular formula is C17H15N3O3. The molecule has 116 valence electrons. The number of fused-ring (bicyclic) bond motifs is 1. The van der Waals surface area contributed by atoms with E-state index < -0.39 is 0 Å². The zero-order valence-corrected chi connectivity index (χ0v) is 12.6. The van der Waals surface area contributed by atoms with Gasteiger partial charge in [-0.25, -0.2) is 0 Å². The Morgan fingerprint density at radius 1 is 1.35 bits per heavy atom. The summed E-state index contributed by atoms with van der Waals surface area (Å²) in [5.74, 6) is -0.0280. The van der Waals surface area contributed by atoms with E-state index in [0.29, 0.717) is 22.8 Å². The number of nitrogens with one attached hydrogen (secondary N) is 1. The minimum absolute atomic E-state index is 0.0655. The summed E-state index contributed by atoms with van der Waals surface area (Å²) in [5, 5.41) is 2.74. The van der Waals surface area contributed by atoms with E-state index in [1.54, 1.807) is 42.6 Å². The van der Waals surface area contributed by atoms with Gasteiger partial charge in [-0.05, 0) is 24.3 Å². The van der Waals surface area contributed by atoms with Crippen LogP contribution in [0.2, 0.25) is 0 Å². The van der Waals surface area contributed by atoms with Crippen LogP contribution in [0.3, 0.4) is 0 Å². The Kier molecular flexibility index (Phi) is 3.80. The number of amides is 2. The molecule has 0 radical (unpaired) electrons. The predicted molar refractivity (Wildman–Crippen MR) is 87.2 cm³/mol. The molecule has 0 fully saturated rings. The van der Waals surface area contributed by atoms with E-state index in [-0.39, 0.29) is 23.9 Å². The number of pyridine rings is 1. The molecule has 0 spiro atoms. The first-order chi connectivity index (χ1) is 11.1. The summed E-state index contributed by atoms with van der Waals surface area (Å²) < 4.78 is 5.15. The molecular weight excluding hydrogens is 294 g/mol. The smallest absolute Gasteiger partial charge is 0.260 e. The third-order valence-corrected chi connectivity index (χ3v) is 3.55. The number of rotatable bonds is 3. The number of nitrogens with zero attached hydrogens (tertiary/aromatic N) is 2. The van der Waals surface area contributed by atoms with Crippen molar-refractivity contribution in [2.75, 3.05) is 23.9 Å². The van der Waals surface area contributed by atoms with E-state index in [4.69, 9.17) is 4.74 Å². The van der Waals surface area contributed by atoms with Crippen molar-refractivity contribution in [1.29, 1.82) is 0 Å². The number of carbonyl (C=O) groups excluding carboxylic acids is 2. The maximum atomic E-state index is 12.7. The standard InChI is InChI=1S/C17H15N3O3/c1-11(13-5-3-4-8-18-13)17(22)20-10-16(21)19-14-9-12(23-2)6-7-15(14)20/h3-9H,1,10H2,2H3,(H,19,21).